The first-order valence-corrected chi connectivity index (χ1v) is 8.65. The van der Waals surface area contributed by atoms with E-state index >= 15 is 0 Å². The predicted molar refractivity (Wildman–Crippen MR) is 98.2 cm³/mol. The van der Waals surface area contributed by atoms with Gasteiger partial charge in [-0.15, -0.1) is 0 Å². The zero-order valence-corrected chi connectivity index (χ0v) is 13.8. The van der Waals surface area contributed by atoms with Crippen molar-refractivity contribution in [2.24, 2.45) is 0 Å². The lowest BCUT2D eigenvalue weighted by atomic mass is 9.93. The molecular formula is C21H23NO2. The Morgan fingerprint density at radius 3 is 2.12 bits per heavy atom. The van der Waals surface area contributed by atoms with Crippen LogP contribution in [-0.2, 0) is 11.3 Å². The number of ether oxygens (including phenoxy) is 1. The van der Waals surface area contributed by atoms with Gasteiger partial charge in [0.25, 0.3) is 0 Å². The van der Waals surface area contributed by atoms with Crippen LogP contribution in [0.4, 0.5) is 0 Å². The summed E-state index contributed by atoms with van der Waals surface area (Å²) in [5, 5.41) is 19.2. The van der Waals surface area contributed by atoms with E-state index < -0.39 is 5.60 Å². The van der Waals surface area contributed by atoms with Crippen molar-refractivity contribution in [1.82, 2.24) is 5.32 Å². The van der Waals surface area contributed by atoms with Crippen LogP contribution in [-0.4, -0.2) is 30.5 Å². The van der Waals surface area contributed by atoms with Crippen molar-refractivity contribution < 1.29 is 9.84 Å². The first-order valence-electron chi connectivity index (χ1n) is 8.65. The molecule has 24 heavy (non-hydrogen) atoms. The van der Waals surface area contributed by atoms with Crippen LogP contribution in [0.5, 0.6) is 0 Å². The summed E-state index contributed by atoms with van der Waals surface area (Å²) in [4.78, 5) is 0. The maximum absolute atomic E-state index is 10.6. The molecule has 0 atom stereocenters. The fourth-order valence-corrected chi connectivity index (χ4v) is 3.65. The number of hydrogen-bond donors (Lipinski definition) is 2. The summed E-state index contributed by atoms with van der Waals surface area (Å²) < 4.78 is 5.36. The number of aliphatic hydroxyl groups is 1. The molecule has 0 bridgehead atoms. The fraction of sp³-hybridized carbons (Fsp3) is 0.333. The molecule has 0 radical (unpaired) electrons. The van der Waals surface area contributed by atoms with E-state index in [0.717, 1.165) is 6.54 Å². The average molecular weight is 321 g/mol. The molecule has 0 saturated carbocycles. The second-order valence-corrected chi connectivity index (χ2v) is 6.74. The van der Waals surface area contributed by atoms with Gasteiger partial charge in [0.05, 0.1) is 5.60 Å². The smallest absolute Gasteiger partial charge is 0.0815 e. The van der Waals surface area contributed by atoms with E-state index in [0.29, 0.717) is 32.6 Å². The van der Waals surface area contributed by atoms with Gasteiger partial charge in [-0.2, -0.15) is 0 Å². The Hall–Kier alpha value is -1.94. The van der Waals surface area contributed by atoms with Crippen molar-refractivity contribution in [3.05, 3.63) is 60.2 Å². The maximum atomic E-state index is 10.6. The van der Waals surface area contributed by atoms with Crippen molar-refractivity contribution in [2.75, 3.05) is 19.8 Å². The second kappa shape index (κ2) is 6.52. The van der Waals surface area contributed by atoms with Gasteiger partial charge in [0.2, 0.25) is 0 Å². The van der Waals surface area contributed by atoms with Crippen LogP contribution in [0.15, 0.2) is 54.6 Å². The minimum absolute atomic E-state index is 0.605. The molecule has 0 amide bonds. The van der Waals surface area contributed by atoms with Crippen LogP contribution >= 0.6 is 0 Å². The topological polar surface area (TPSA) is 41.5 Å². The summed E-state index contributed by atoms with van der Waals surface area (Å²) in [6.45, 7) is 2.66. The highest BCUT2D eigenvalue weighted by Gasteiger charge is 2.29. The van der Waals surface area contributed by atoms with E-state index in [2.05, 4.69) is 59.9 Å². The van der Waals surface area contributed by atoms with Crippen molar-refractivity contribution in [3.8, 4) is 0 Å². The molecule has 3 aromatic carbocycles. The first kappa shape index (κ1) is 15.6. The van der Waals surface area contributed by atoms with E-state index in [1.54, 1.807) is 0 Å². The minimum Gasteiger partial charge on any atom is -0.388 e. The second-order valence-electron chi connectivity index (χ2n) is 6.74. The normalized spacial score (nSPS) is 17.4. The highest BCUT2D eigenvalue weighted by atomic mass is 16.5. The fourth-order valence-electron chi connectivity index (χ4n) is 3.65. The summed E-state index contributed by atoms with van der Waals surface area (Å²) in [6, 6.07) is 19.3. The Morgan fingerprint density at radius 2 is 1.50 bits per heavy atom. The Bertz CT molecular complexity index is 799. The van der Waals surface area contributed by atoms with Gasteiger partial charge in [0.15, 0.2) is 0 Å². The lowest BCUT2D eigenvalue weighted by Gasteiger charge is -2.32. The molecule has 3 nitrogen and oxygen atoms in total. The molecule has 1 aliphatic heterocycles. The third-order valence-corrected chi connectivity index (χ3v) is 5.06. The Labute approximate surface area is 142 Å². The zero-order valence-electron chi connectivity index (χ0n) is 13.8. The Balaban J connectivity index is 1.64. The van der Waals surface area contributed by atoms with Crippen LogP contribution in [0.1, 0.15) is 18.4 Å². The van der Waals surface area contributed by atoms with Crippen molar-refractivity contribution in [1.29, 1.82) is 0 Å². The highest BCUT2D eigenvalue weighted by Crippen LogP contribution is 2.28. The number of rotatable bonds is 4. The van der Waals surface area contributed by atoms with Gasteiger partial charge >= 0.3 is 0 Å². The molecule has 2 N–H and O–H groups in total. The van der Waals surface area contributed by atoms with Crippen LogP contribution in [0.25, 0.3) is 21.5 Å². The van der Waals surface area contributed by atoms with E-state index in [4.69, 9.17) is 4.74 Å². The number of nitrogens with one attached hydrogen (secondary N) is 1. The third-order valence-electron chi connectivity index (χ3n) is 5.06. The summed E-state index contributed by atoms with van der Waals surface area (Å²) >= 11 is 0. The van der Waals surface area contributed by atoms with Gasteiger partial charge in [0, 0.05) is 39.1 Å². The summed E-state index contributed by atoms with van der Waals surface area (Å²) in [6.07, 6.45) is 1.41. The molecule has 0 unspecified atom stereocenters. The van der Waals surface area contributed by atoms with Gasteiger partial charge in [-0.25, -0.2) is 0 Å². The van der Waals surface area contributed by atoms with Crippen molar-refractivity contribution >= 4 is 21.5 Å². The van der Waals surface area contributed by atoms with E-state index in [1.165, 1.54) is 27.1 Å². The molecule has 0 aromatic heterocycles. The number of fused-ring (bicyclic) bond motifs is 2. The average Bonchev–Trinajstić information content (AvgIpc) is 2.61. The Morgan fingerprint density at radius 1 is 0.917 bits per heavy atom. The summed E-state index contributed by atoms with van der Waals surface area (Å²) in [7, 11) is 0. The molecule has 1 aliphatic rings. The van der Waals surface area contributed by atoms with Gasteiger partial charge < -0.3 is 15.2 Å². The third kappa shape index (κ3) is 3.03. The first-order chi connectivity index (χ1) is 11.8. The summed E-state index contributed by atoms with van der Waals surface area (Å²) in [5.41, 5.74) is 0.665. The lowest BCUT2D eigenvalue weighted by Crippen LogP contribution is -2.44. The van der Waals surface area contributed by atoms with E-state index in [1.807, 2.05) is 0 Å². The number of hydrogen-bond acceptors (Lipinski definition) is 3. The van der Waals surface area contributed by atoms with E-state index in [-0.39, 0.29) is 0 Å². The van der Waals surface area contributed by atoms with Crippen LogP contribution in [0, 0.1) is 0 Å². The molecular weight excluding hydrogens is 298 g/mol. The molecule has 4 rings (SSSR count). The molecule has 1 heterocycles. The van der Waals surface area contributed by atoms with Crippen LogP contribution in [0.3, 0.4) is 0 Å². The van der Waals surface area contributed by atoms with Crippen molar-refractivity contribution in [3.63, 3.8) is 0 Å². The van der Waals surface area contributed by atoms with Gasteiger partial charge in [-0.1, -0.05) is 48.5 Å². The standard InChI is InChI=1S/C21H23NO2/c23-21(9-11-24-12-10-21)15-22-14-20-18-7-3-1-5-16(18)13-17-6-2-4-8-19(17)20/h1-8,13,22-23H,9-12,14-15H2. The molecule has 0 aliphatic carbocycles. The van der Waals surface area contributed by atoms with Crippen LogP contribution < -0.4 is 5.32 Å². The Kier molecular flexibility index (Phi) is 4.23. The van der Waals surface area contributed by atoms with Gasteiger partial charge in [0.1, 0.15) is 0 Å². The molecule has 3 heteroatoms. The quantitative estimate of drug-likeness (QED) is 0.721. The zero-order chi connectivity index (χ0) is 16.4. The summed E-state index contributed by atoms with van der Waals surface area (Å²) in [5.74, 6) is 0. The monoisotopic (exact) mass is 321 g/mol. The molecule has 3 aromatic rings. The van der Waals surface area contributed by atoms with Crippen molar-refractivity contribution in [2.45, 2.75) is 25.0 Å². The molecule has 0 spiro atoms. The molecule has 124 valence electrons. The largest absolute Gasteiger partial charge is 0.388 e. The lowest BCUT2D eigenvalue weighted by molar-refractivity contribution is -0.0616. The SMILES string of the molecule is OC1(CNCc2c3ccccc3cc3ccccc23)CCOCC1. The van der Waals surface area contributed by atoms with Gasteiger partial charge in [-0.05, 0) is 33.2 Å². The maximum Gasteiger partial charge on any atom is 0.0815 e. The highest BCUT2D eigenvalue weighted by molar-refractivity contribution is 6.02. The molecule has 1 fully saturated rings. The van der Waals surface area contributed by atoms with E-state index in [9.17, 15) is 5.11 Å². The minimum atomic E-state index is -0.640. The van der Waals surface area contributed by atoms with Gasteiger partial charge in [-0.3, -0.25) is 0 Å². The number of benzene rings is 3. The van der Waals surface area contributed by atoms with Crippen LogP contribution in [0.2, 0.25) is 0 Å². The predicted octanol–water partition coefficient (Wildman–Crippen LogP) is 3.62. The molecule has 1 saturated heterocycles.